The Morgan fingerprint density at radius 1 is 1.00 bits per heavy atom. The molecule has 3 aliphatic heterocycles. The Morgan fingerprint density at radius 3 is 2.55 bits per heavy atom. The van der Waals surface area contributed by atoms with Crippen molar-refractivity contribution in [2.75, 3.05) is 45.6 Å². The van der Waals surface area contributed by atoms with Crippen LogP contribution in [0.3, 0.4) is 0 Å². The number of benzene rings is 2. The zero-order chi connectivity index (χ0) is 26.1. The molecule has 9 heteroatoms. The van der Waals surface area contributed by atoms with E-state index in [-0.39, 0.29) is 12.7 Å². The van der Waals surface area contributed by atoms with E-state index in [1.165, 1.54) is 0 Å². The van der Waals surface area contributed by atoms with Crippen LogP contribution in [-0.2, 0) is 22.6 Å². The summed E-state index contributed by atoms with van der Waals surface area (Å²) < 4.78 is 28.2. The molecule has 2 fully saturated rings. The van der Waals surface area contributed by atoms with Gasteiger partial charge in [0.2, 0.25) is 6.79 Å². The average Bonchev–Trinajstić information content (AvgIpc) is 3.74. The molecule has 3 aliphatic rings. The summed E-state index contributed by atoms with van der Waals surface area (Å²) in [5.41, 5.74) is 2.69. The molecule has 0 saturated carbocycles. The van der Waals surface area contributed by atoms with Crippen molar-refractivity contribution in [2.45, 2.75) is 44.9 Å². The van der Waals surface area contributed by atoms with Gasteiger partial charge >= 0.3 is 0 Å². The molecule has 6 rings (SSSR count). The molecule has 0 N–H and O–H groups in total. The lowest BCUT2D eigenvalue weighted by Gasteiger charge is -2.28. The van der Waals surface area contributed by atoms with Crippen molar-refractivity contribution in [1.82, 2.24) is 9.88 Å². The third-order valence-corrected chi connectivity index (χ3v) is 7.50. The first-order valence-electron chi connectivity index (χ1n) is 13.2. The predicted octanol–water partition coefficient (Wildman–Crippen LogP) is 4.29. The minimum absolute atomic E-state index is 0.00903. The summed E-state index contributed by atoms with van der Waals surface area (Å²) >= 11 is 0. The number of pyridine rings is 1. The summed E-state index contributed by atoms with van der Waals surface area (Å²) in [4.78, 5) is 23.1. The van der Waals surface area contributed by atoms with Crippen molar-refractivity contribution in [2.24, 2.45) is 0 Å². The van der Waals surface area contributed by atoms with E-state index >= 15 is 0 Å². The van der Waals surface area contributed by atoms with Gasteiger partial charge < -0.3 is 33.5 Å². The summed E-state index contributed by atoms with van der Waals surface area (Å²) in [6, 6.07) is 11.7. The number of hydrogen-bond acceptors (Lipinski definition) is 8. The standard InChI is InChI=1S/C29H33N3O6/c1-34-22-9-10-24(35-2)27-21(22)15-20(28(30-27)31-11-3-4-12-31)17-32(29(33)25-6-5-13-36-25)16-19-7-8-23-26(14-19)38-18-37-23/h7-10,14-15,25H,3-6,11-13,16-18H2,1-2H3. The number of carbonyl (C=O) groups excluding carboxylic acids is 1. The number of hydrogen-bond donors (Lipinski definition) is 0. The van der Waals surface area contributed by atoms with Gasteiger partial charge in [0.25, 0.3) is 5.91 Å². The molecule has 1 unspecified atom stereocenters. The highest BCUT2D eigenvalue weighted by atomic mass is 16.7. The zero-order valence-electron chi connectivity index (χ0n) is 21.9. The van der Waals surface area contributed by atoms with Crippen molar-refractivity contribution in [3.05, 3.63) is 47.5 Å². The van der Waals surface area contributed by atoms with Gasteiger partial charge in [-0.05, 0) is 61.6 Å². The molecule has 0 aliphatic carbocycles. The molecule has 1 aromatic heterocycles. The third kappa shape index (κ3) is 4.67. The molecule has 1 atom stereocenters. The molecule has 0 bridgehead atoms. The average molecular weight is 520 g/mol. The van der Waals surface area contributed by atoms with E-state index < -0.39 is 6.10 Å². The Balaban J connectivity index is 1.41. The lowest BCUT2D eigenvalue weighted by atomic mass is 10.1. The number of amides is 1. The van der Waals surface area contributed by atoms with Crippen LogP contribution in [0.2, 0.25) is 0 Å². The smallest absolute Gasteiger partial charge is 0.252 e. The second-order valence-electron chi connectivity index (χ2n) is 9.92. The van der Waals surface area contributed by atoms with Gasteiger partial charge in [0.1, 0.15) is 28.9 Å². The van der Waals surface area contributed by atoms with Crippen LogP contribution in [0.1, 0.15) is 36.8 Å². The van der Waals surface area contributed by atoms with Crippen molar-refractivity contribution in [3.63, 3.8) is 0 Å². The highest BCUT2D eigenvalue weighted by Crippen LogP contribution is 2.37. The molecule has 9 nitrogen and oxygen atoms in total. The number of ether oxygens (including phenoxy) is 5. The maximum Gasteiger partial charge on any atom is 0.252 e. The van der Waals surface area contributed by atoms with Crippen molar-refractivity contribution in [3.8, 4) is 23.0 Å². The first-order chi connectivity index (χ1) is 18.6. The SMILES string of the molecule is COc1ccc(OC)c2nc(N3CCCC3)c(CN(Cc3ccc4c(c3)OCO4)C(=O)C3CCCO3)cc12. The number of aromatic nitrogens is 1. The monoisotopic (exact) mass is 519 g/mol. The van der Waals surface area contributed by atoms with Gasteiger partial charge in [-0.3, -0.25) is 4.79 Å². The number of nitrogens with zero attached hydrogens (tertiary/aromatic N) is 3. The first kappa shape index (κ1) is 24.6. The molecule has 38 heavy (non-hydrogen) atoms. The van der Waals surface area contributed by atoms with Crippen LogP contribution in [0.4, 0.5) is 5.82 Å². The highest BCUT2D eigenvalue weighted by Gasteiger charge is 2.30. The van der Waals surface area contributed by atoms with Gasteiger partial charge in [-0.15, -0.1) is 0 Å². The van der Waals surface area contributed by atoms with Gasteiger partial charge in [0, 0.05) is 43.7 Å². The second-order valence-corrected chi connectivity index (χ2v) is 9.92. The topological polar surface area (TPSA) is 82.6 Å². The van der Waals surface area contributed by atoms with Crippen LogP contribution < -0.4 is 23.8 Å². The summed E-state index contributed by atoms with van der Waals surface area (Å²) in [7, 11) is 3.31. The summed E-state index contributed by atoms with van der Waals surface area (Å²) in [5, 5.41) is 0.859. The van der Waals surface area contributed by atoms with E-state index in [4.69, 9.17) is 28.7 Å². The van der Waals surface area contributed by atoms with Crippen molar-refractivity contribution >= 4 is 22.6 Å². The molecule has 0 spiro atoms. The maximum atomic E-state index is 13.8. The van der Waals surface area contributed by atoms with Gasteiger partial charge in [-0.25, -0.2) is 4.98 Å². The van der Waals surface area contributed by atoms with Crippen molar-refractivity contribution < 1.29 is 28.5 Å². The predicted molar refractivity (Wildman–Crippen MR) is 142 cm³/mol. The molecule has 3 aromatic rings. The second kappa shape index (κ2) is 10.6. The number of methoxy groups -OCH3 is 2. The van der Waals surface area contributed by atoms with Crippen LogP contribution in [0, 0.1) is 0 Å². The minimum atomic E-state index is -0.428. The molecule has 200 valence electrons. The molecule has 0 radical (unpaired) electrons. The Morgan fingerprint density at radius 2 is 1.79 bits per heavy atom. The normalized spacial score (nSPS) is 18.3. The van der Waals surface area contributed by atoms with Crippen LogP contribution in [0.15, 0.2) is 36.4 Å². The Bertz CT molecular complexity index is 1330. The fourth-order valence-electron chi connectivity index (χ4n) is 5.56. The number of rotatable bonds is 8. The number of fused-ring (bicyclic) bond motifs is 2. The molecular formula is C29H33N3O6. The highest BCUT2D eigenvalue weighted by molar-refractivity contribution is 5.92. The summed E-state index contributed by atoms with van der Waals surface area (Å²) in [5.74, 6) is 3.72. The van der Waals surface area contributed by atoms with E-state index in [0.29, 0.717) is 31.2 Å². The van der Waals surface area contributed by atoms with Gasteiger partial charge in [0.15, 0.2) is 11.5 Å². The van der Waals surface area contributed by atoms with E-state index in [1.807, 2.05) is 35.2 Å². The van der Waals surface area contributed by atoms with E-state index in [2.05, 4.69) is 11.0 Å². The Kier molecular flexibility index (Phi) is 6.84. The van der Waals surface area contributed by atoms with Crippen LogP contribution in [-0.4, -0.2) is 62.6 Å². The largest absolute Gasteiger partial charge is 0.496 e. The fourth-order valence-corrected chi connectivity index (χ4v) is 5.56. The third-order valence-electron chi connectivity index (χ3n) is 7.50. The zero-order valence-corrected chi connectivity index (χ0v) is 21.9. The maximum absolute atomic E-state index is 13.8. The minimum Gasteiger partial charge on any atom is -0.496 e. The number of carbonyl (C=O) groups is 1. The van der Waals surface area contributed by atoms with Crippen LogP contribution in [0.5, 0.6) is 23.0 Å². The molecule has 4 heterocycles. The molecule has 2 saturated heterocycles. The van der Waals surface area contributed by atoms with Crippen LogP contribution >= 0.6 is 0 Å². The first-order valence-corrected chi connectivity index (χ1v) is 13.2. The van der Waals surface area contributed by atoms with Gasteiger partial charge in [-0.2, -0.15) is 0 Å². The Labute approximate surface area is 222 Å². The summed E-state index contributed by atoms with van der Waals surface area (Å²) in [6.45, 7) is 3.50. The van der Waals surface area contributed by atoms with E-state index in [0.717, 1.165) is 78.1 Å². The lowest BCUT2D eigenvalue weighted by molar-refractivity contribution is -0.142. The quantitative estimate of drug-likeness (QED) is 0.436. The van der Waals surface area contributed by atoms with E-state index in [1.54, 1.807) is 14.2 Å². The fraction of sp³-hybridized carbons (Fsp3) is 0.448. The van der Waals surface area contributed by atoms with Gasteiger partial charge in [-0.1, -0.05) is 6.07 Å². The summed E-state index contributed by atoms with van der Waals surface area (Å²) in [6.07, 6.45) is 3.43. The van der Waals surface area contributed by atoms with Crippen LogP contribution in [0.25, 0.3) is 10.9 Å². The van der Waals surface area contributed by atoms with E-state index in [9.17, 15) is 4.79 Å². The van der Waals surface area contributed by atoms with Gasteiger partial charge in [0.05, 0.1) is 14.2 Å². The van der Waals surface area contributed by atoms with Crippen molar-refractivity contribution in [1.29, 1.82) is 0 Å². The number of anilines is 1. The molecule has 2 aromatic carbocycles. The molecular weight excluding hydrogens is 486 g/mol. The Hall–Kier alpha value is -3.72. The lowest BCUT2D eigenvalue weighted by Crippen LogP contribution is -2.38. The molecule has 1 amide bonds.